The van der Waals surface area contributed by atoms with Crippen molar-refractivity contribution in [3.05, 3.63) is 79.6 Å². The fraction of sp³-hybridized carbons (Fsp3) is 0.320. The van der Waals surface area contributed by atoms with E-state index < -0.39 is 11.3 Å². The lowest BCUT2D eigenvalue weighted by Crippen LogP contribution is -2.33. The summed E-state index contributed by atoms with van der Waals surface area (Å²) in [5.74, 6) is 0.535. The van der Waals surface area contributed by atoms with Gasteiger partial charge in [-0.2, -0.15) is 0 Å². The Hall–Kier alpha value is -3.36. The maximum absolute atomic E-state index is 12.2. The molecule has 1 fully saturated rings. The lowest BCUT2D eigenvalue weighted by molar-refractivity contribution is 0.172. The van der Waals surface area contributed by atoms with E-state index in [4.69, 9.17) is 30.7 Å². The standard InChI is InChI=1S/C25H24ClN3O5/c26-21-22(27)25-24-20(23(21)32-18(30)8-9-19(31)33-25)17(28-34-24)7-6-15-10-12-29(13-11-15)14-16-4-2-1-3-5-16/h1-5,8-9,15H,6-7,10-14,27H2. The molecule has 9 heteroatoms. The summed E-state index contributed by atoms with van der Waals surface area (Å²) >= 11 is 6.40. The summed E-state index contributed by atoms with van der Waals surface area (Å²) in [6.07, 6.45) is 3.67. The van der Waals surface area contributed by atoms with E-state index in [0.29, 0.717) is 23.4 Å². The van der Waals surface area contributed by atoms with Crippen molar-refractivity contribution in [2.75, 3.05) is 18.8 Å². The molecule has 0 spiro atoms. The summed E-state index contributed by atoms with van der Waals surface area (Å²) in [4.78, 5) is 26.7. The van der Waals surface area contributed by atoms with Gasteiger partial charge in [-0.05, 0) is 50.3 Å². The van der Waals surface area contributed by atoms with Crippen LogP contribution in [-0.2, 0) is 13.0 Å². The number of halogens is 1. The number of nitrogens with zero attached hydrogens (tertiary/aromatic N) is 2. The molecule has 0 aliphatic carbocycles. The van der Waals surface area contributed by atoms with Crippen molar-refractivity contribution in [2.45, 2.75) is 32.2 Å². The molecule has 4 aromatic rings. The molecule has 1 aliphatic heterocycles. The number of likely N-dealkylation sites (tertiary alicyclic amines) is 1. The van der Waals surface area contributed by atoms with Crippen LogP contribution >= 0.6 is 11.6 Å². The van der Waals surface area contributed by atoms with Crippen LogP contribution < -0.4 is 17.0 Å². The molecule has 34 heavy (non-hydrogen) atoms. The molecule has 0 saturated carbocycles. The predicted molar refractivity (Wildman–Crippen MR) is 130 cm³/mol. The van der Waals surface area contributed by atoms with Crippen LogP contribution in [0.25, 0.3) is 22.1 Å². The van der Waals surface area contributed by atoms with Crippen LogP contribution in [0.1, 0.15) is 30.5 Å². The van der Waals surface area contributed by atoms with Crippen LogP contribution in [0.2, 0.25) is 5.02 Å². The molecule has 0 unspecified atom stereocenters. The zero-order chi connectivity index (χ0) is 23.7. The zero-order valence-electron chi connectivity index (χ0n) is 18.5. The first-order chi connectivity index (χ1) is 16.5. The Bertz CT molecular complexity index is 1470. The van der Waals surface area contributed by atoms with Gasteiger partial charge in [0.2, 0.25) is 11.2 Å². The third kappa shape index (κ3) is 4.51. The normalized spacial score (nSPS) is 15.2. The molecule has 2 N–H and O–H groups in total. The molecule has 8 nitrogen and oxygen atoms in total. The molecular weight excluding hydrogens is 458 g/mol. The summed E-state index contributed by atoms with van der Waals surface area (Å²) < 4.78 is 16.2. The number of piperidine rings is 1. The van der Waals surface area contributed by atoms with Crippen LogP contribution in [-0.4, -0.2) is 23.1 Å². The average Bonchev–Trinajstić information content (AvgIpc) is 3.27. The Morgan fingerprint density at radius 2 is 1.65 bits per heavy atom. The highest BCUT2D eigenvalue weighted by Gasteiger charge is 2.24. The van der Waals surface area contributed by atoms with Crippen LogP contribution in [0.15, 0.2) is 65.4 Å². The van der Waals surface area contributed by atoms with Gasteiger partial charge in [0.25, 0.3) is 0 Å². The molecule has 1 aliphatic rings. The second kappa shape index (κ2) is 9.48. The van der Waals surface area contributed by atoms with Crippen molar-refractivity contribution >= 4 is 39.4 Å². The molecule has 2 aromatic heterocycles. The largest absolute Gasteiger partial charge is 0.421 e. The number of nitrogen functional groups attached to an aromatic ring is 1. The Morgan fingerprint density at radius 1 is 0.971 bits per heavy atom. The molecule has 3 heterocycles. The smallest absolute Gasteiger partial charge is 0.336 e. The number of anilines is 1. The first-order valence-corrected chi connectivity index (χ1v) is 11.6. The van der Waals surface area contributed by atoms with Gasteiger partial charge in [-0.25, -0.2) is 9.59 Å². The molecule has 0 radical (unpaired) electrons. The second-order valence-electron chi connectivity index (χ2n) is 8.64. The van der Waals surface area contributed by atoms with Crippen LogP contribution in [0.5, 0.6) is 0 Å². The summed E-state index contributed by atoms with van der Waals surface area (Å²) in [6.45, 7) is 3.04. The molecule has 0 amide bonds. The Morgan fingerprint density at radius 3 is 2.35 bits per heavy atom. The minimum Gasteiger partial charge on any atom is -0.421 e. The number of rotatable bonds is 5. The van der Waals surface area contributed by atoms with E-state index in [1.54, 1.807) is 0 Å². The van der Waals surface area contributed by atoms with Gasteiger partial charge in [0.15, 0.2) is 5.58 Å². The first kappa shape index (κ1) is 22.4. The summed E-state index contributed by atoms with van der Waals surface area (Å²) in [6, 6.07) is 12.4. The van der Waals surface area contributed by atoms with E-state index in [9.17, 15) is 9.59 Å². The second-order valence-corrected chi connectivity index (χ2v) is 9.02. The Labute approximate surface area is 199 Å². The number of aryl methyl sites for hydroxylation is 1. The average molecular weight is 482 g/mol. The Balaban J connectivity index is 1.38. The first-order valence-electron chi connectivity index (χ1n) is 11.3. The summed E-state index contributed by atoms with van der Waals surface area (Å²) in [5, 5.41) is 4.58. The fourth-order valence-corrected chi connectivity index (χ4v) is 4.77. The molecule has 5 rings (SSSR count). The number of nitrogens with two attached hydrogens (primary N) is 1. The van der Waals surface area contributed by atoms with E-state index in [1.807, 2.05) is 6.07 Å². The topological polar surface area (TPSA) is 116 Å². The van der Waals surface area contributed by atoms with Crippen molar-refractivity contribution < 1.29 is 13.4 Å². The maximum Gasteiger partial charge on any atom is 0.336 e. The zero-order valence-corrected chi connectivity index (χ0v) is 19.2. The molecule has 1 saturated heterocycles. The van der Waals surface area contributed by atoms with Crippen molar-refractivity contribution in [1.29, 1.82) is 0 Å². The highest BCUT2D eigenvalue weighted by molar-refractivity contribution is 6.39. The lowest BCUT2D eigenvalue weighted by Gasteiger charge is -2.31. The SMILES string of the molecule is Nc1c(Cl)c2oc(=O)ccc(=O)oc1c1onc(CCC3CCN(Cc4ccccc4)CC3)c21. The highest BCUT2D eigenvalue weighted by atomic mass is 35.5. The molecular formula is C25H24ClN3O5. The third-order valence-corrected chi connectivity index (χ3v) is 6.76. The minimum absolute atomic E-state index is 0.0161. The van der Waals surface area contributed by atoms with Gasteiger partial charge in [-0.15, -0.1) is 0 Å². The van der Waals surface area contributed by atoms with Gasteiger partial charge >= 0.3 is 11.3 Å². The number of fused-ring (bicyclic) bond motifs is 6. The Kier molecular flexibility index (Phi) is 6.26. The van der Waals surface area contributed by atoms with Crippen LogP contribution in [0, 0.1) is 5.92 Å². The van der Waals surface area contributed by atoms with E-state index in [0.717, 1.165) is 51.0 Å². The van der Waals surface area contributed by atoms with Gasteiger partial charge in [-0.1, -0.05) is 47.1 Å². The lowest BCUT2D eigenvalue weighted by atomic mass is 9.91. The predicted octanol–water partition coefficient (Wildman–Crippen LogP) is 4.53. The molecule has 2 aromatic carbocycles. The van der Waals surface area contributed by atoms with E-state index in [-0.39, 0.29) is 27.5 Å². The monoisotopic (exact) mass is 481 g/mol. The van der Waals surface area contributed by atoms with E-state index >= 15 is 0 Å². The fourth-order valence-electron chi connectivity index (χ4n) is 4.56. The van der Waals surface area contributed by atoms with Crippen molar-refractivity contribution in [3.63, 3.8) is 0 Å². The number of benzene rings is 2. The summed E-state index contributed by atoms with van der Waals surface area (Å²) in [5.41, 5.74) is 6.54. The van der Waals surface area contributed by atoms with Gasteiger partial charge in [0.05, 0.1) is 11.1 Å². The van der Waals surface area contributed by atoms with Crippen LogP contribution in [0.3, 0.4) is 0 Å². The third-order valence-electron chi connectivity index (χ3n) is 6.38. The number of hydrogen-bond donors (Lipinski definition) is 1. The van der Waals surface area contributed by atoms with E-state index in [2.05, 4.69) is 34.3 Å². The van der Waals surface area contributed by atoms with E-state index in [1.165, 1.54) is 5.56 Å². The quantitative estimate of drug-likeness (QED) is 0.413. The van der Waals surface area contributed by atoms with Gasteiger partial charge in [0.1, 0.15) is 10.7 Å². The molecule has 176 valence electrons. The summed E-state index contributed by atoms with van der Waals surface area (Å²) in [7, 11) is 0. The van der Waals surface area contributed by atoms with Crippen molar-refractivity contribution in [1.82, 2.24) is 10.1 Å². The minimum atomic E-state index is -0.795. The van der Waals surface area contributed by atoms with Crippen LogP contribution in [0.4, 0.5) is 5.69 Å². The molecule has 2 bridgehead atoms. The van der Waals surface area contributed by atoms with Crippen molar-refractivity contribution in [3.8, 4) is 0 Å². The number of aromatic nitrogens is 1. The van der Waals surface area contributed by atoms with Gasteiger partial charge < -0.3 is 19.1 Å². The molecule has 0 atom stereocenters. The number of hydrogen-bond acceptors (Lipinski definition) is 8. The highest BCUT2D eigenvalue weighted by Crippen LogP contribution is 2.39. The van der Waals surface area contributed by atoms with Crippen molar-refractivity contribution in [2.24, 2.45) is 5.92 Å². The van der Waals surface area contributed by atoms with Gasteiger partial charge in [-0.3, -0.25) is 4.90 Å². The maximum atomic E-state index is 12.2. The van der Waals surface area contributed by atoms with Gasteiger partial charge in [0, 0.05) is 18.7 Å².